The summed E-state index contributed by atoms with van der Waals surface area (Å²) in [5.41, 5.74) is 0.221. The van der Waals surface area contributed by atoms with Crippen molar-refractivity contribution in [3.63, 3.8) is 0 Å². The predicted octanol–water partition coefficient (Wildman–Crippen LogP) is 3.85. The molecule has 0 radical (unpaired) electrons. The van der Waals surface area contributed by atoms with E-state index in [2.05, 4.69) is 20.6 Å². The van der Waals surface area contributed by atoms with E-state index in [1.165, 1.54) is 12.1 Å². The molecule has 0 amide bonds. The van der Waals surface area contributed by atoms with Crippen LogP contribution in [0.5, 0.6) is 0 Å². The van der Waals surface area contributed by atoms with Crippen molar-refractivity contribution in [1.82, 2.24) is 9.97 Å². The second-order valence-electron chi connectivity index (χ2n) is 5.98. The van der Waals surface area contributed by atoms with Crippen LogP contribution in [0.3, 0.4) is 0 Å². The third-order valence-electron chi connectivity index (χ3n) is 4.02. The first-order valence-corrected chi connectivity index (χ1v) is 7.96. The molecule has 5 nitrogen and oxygen atoms in total. The van der Waals surface area contributed by atoms with E-state index in [1.54, 1.807) is 20.0 Å². The lowest BCUT2D eigenvalue weighted by Crippen LogP contribution is -2.40. The van der Waals surface area contributed by atoms with Crippen molar-refractivity contribution >= 4 is 11.5 Å². The Balaban J connectivity index is 1.84. The lowest BCUT2D eigenvalue weighted by molar-refractivity contribution is 0.0211. The van der Waals surface area contributed by atoms with Crippen LogP contribution in [0.1, 0.15) is 36.3 Å². The summed E-state index contributed by atoms with van der Waals surface area (Å²) in [5, 5.41) is 6.34. The number of hydrogen-bond acceptors (Lipinski definition) is 5. The van der Waals surface area contributed by atoms with Crippen molar-refractivity contribution in [2.45, 2.75) is 32.4 Å². The van der Waals surface area contributed by atoms with E-state index in [-0.39, 0.29) is 11.6 Å². The van der Waals surface area contributed by atoms with Crippen molar-refractivity contribution in [3.8, 4) is 0 Å². The SMILES string of the molecule is Cc1ncc(NC2COC2)c(N[C@H](C)c2cccc(C(F)F)c2F)n1. The summed E-state index contributed by atoms with van der Waals surface area (Å²) in [7, 11) is 0. The van der Waals surface area contributed by atoms with Gasteiger partial charge in [0.25, 0.3) is 6.43 Å². The van der Waals surface area contributed by atoms with E-state index in [0.717, 1.165) is 6.07 Å². The number of benzene rings is 1. The number of nitrogens with one attached hydrogen (secondary N) is 2. The molecule has 0 spiro atoms. The Hall–Kier alpha value is -2.35. The van der Waals surface area contributed by atoms with Gasteiger partial charge in [-0.1, -0.05) is 18.2 Å². The third kappa shape index (κ3) is 3.84. The zero-order chi connectivity index (χ0) is 18.0. The fourth-order valence-corrected chi connectivity index (χ4v) is 2.58. The molecule has 0 bridgehead atoms. The van der Waals surface area contributed by atoms with Gasteiger partial charge in [0.2, 0.25) is 0 Å². The van der Waals surface area contributed by atoms with Gasteiger partial charge in [-0.25, -0.2) is 23.1 Å². The van der Waals surface area contributed by atoms with Crippen molar-refractivity contribution in [2.24, 2.45) is 0 Å². The first-order valence-electron chi connectivity index (χ1n) is 7.96. The van der Waals surface area contributed by atoms with Gasteiger partial charge in [0.15, 0.2) is 5.82 Å². The molecule has 134 valence electrons. The van der Waals surface area contributed by atoms with Crippen LogP contribution in [0.2, 0.25) is 0 Å². The smallest absolute Gasteiger partial charge is 0.266 e. The summed E-state index contributed by atoms with van der Waals surface area (Å²) >= 11 is 0. The van der Waals surface area contributed by atoms with Gasteiger partial charge < -0.3 is 15.4 Å². The molecule has 0 aliphatic carbocycles. The molecule has 25 heavy (non-hydrogen) atoms. The quantitative estimate of drug-likeness (QED) is 0.827. The number of ether oxygens (including phenoxy) is 1. The van der Waals surface area contributed by atoms with Crippen LogP contribution in [0.15, 0.2) is 24.4 Å². The standard InChI is InChI=1S/C17H19F3N4O/c1-9(12-4-3-5-13(15(12)18)16(19)20)22-17-14(6-21-10(2)23-17)24-11-7-25-8-11/h3-6,9,11,16,24H,7-8H2,1-2H3,(H,21,22,23)/t9-/m1/s1. The number of anilines is 2. The molecule has 1 aliphatic rings. The lowest BCUT2D eigenvalue weighted by atomic mass is 10.0. The van der Waals surface area contributed by atoms with E-state index in [1.807, 2.05) is 0 Å². The van der Waals surface area contributed by atoms with Gasteiger partial charge in [-0.3, -0.25) is 0 Å². The van der Waals surface area contributed by atoms with Gasteiger partial charge in [0.1, 0.15) is 11.6 Å². The first-order chi connectivity index (χ1) is 12.0. The van der Waals surface area contributed by atoms with Crippen LogP contribution in [0.4, 0.5) is 24.7 Å². The summed E-state index contributed by atoms with van der Waals surface area (Å²) in [6, 6.07) is 3.62. The fourth-order valence-electron chi connectivity index (χ4n) is 2.58. The van der Waals surface area contributed by atoms with E-state index >= 15 is 0 Å². The number of nitrogens with zero attached hydrogens (tertiary/aromatic N) is 2. The van der Waals surface area contributed by atoms with Crippen molar-refractivity contribution in [3.05, 3.63) is 47.2 Å². The molecule has 1 aromatic carbocycles. The monoisotopic (exact) mass is 352 g/mol. The van der Waals surface area contributed by atoms with E-state index in [0.29, 0.717) is 30.5 Å². The summed E-state index contributed by atoms with van der Waals surface area (Å²) in [6.45, 7) is 4.62. The van der Waals surface area contributed by atoms with Gasteiger partial charge >= 0.3 is 0 Å². The van der Waals surface area contributed by atoms with Crippen LogP contribution in [-0.2, 0) is 4.74 Å². The highest BCUT2D eigenvalue weighted by atomic mass is 19.3. The normalized spacial score (nSPS) is 15.8. The zero-order valence-electron chi connectivity index (χ0n) is 13.9. The molecule has 1 saturated heterocycles. The average molecular weight is 352 g/mol. The highest BCUT2D eigenvalue weighted by molar-refractivity contribution is 5.64. The van der Waals surface area contributed by atoms with Crippen molar-refractivity contribution in [2.75, 3.05) is 23.8 Å². The molecule has 8 heteroatoms. The topological polar surface area (TPSA) is 59.1 Å². The predicted molar refractivity (Wildman–Crippen MR) is 88.4 cm³/mol. The molecule has 2 heterocycles. The van der Waals surface area contributed by atoms with E-state index < -0.39 is 23.8 Å². The molecule has 3 rings (SSSR count). The number of hydrogen-bond donors (Lipinski definition) is 2. The molecular weight excluding hydrogens is 333 g/mol. The van der Waals surface area contributed by atoms with Crippen molar-refractivity contribution in [1.29, 1.82) is 0 Å². The first kappa shape index (κ1) is 17.5. The van der Waals surface area contributed by atoms with Crippen LogP contribution in [0, 0.1) is 12.7 Å². The maximum absolute atomic E-state index is 14.3. The minimum atomic E-state index is -2.86. The van der Waals surface area contributed by atoms with Gasteiger partial charge in [-0.2, -0.15) is 0 Å². The lowest BCUT2D eigenvalue weighted by Gasteiger charge is -2.29. The average Bonchev–Trinajstić information content (AvgIpc) is 2.52. The van der Waals surface area contributed by atoms with Gasteiger partial charge in [0, 0.05) is 5.56 Å². The van der Waals surface area contributed by atoms with E-state index in [9.17, 15) is 13.2 Å². The largest absolute Gasteiger partial charge is 0.377 e. The summed E-state index contributed by atoms with van der Waals surface area (Å²) in [5.74, 6) is 0.144. The Labute approximate surface area is 143 Å². The van der Waals surface area contributed by atoms with Gasteiger partial charge in [0.05, 0.1) is 42.7 Å². The van der Waals surface area contributed by atoms with Gasteiger partial charge in [-0.05, 0) is 13.8 Å². The molecule has 1 atom stereocenters. The van der Waals surface area contributed by atoms with E-state index in [4.69, 9.17) is 4.74 Å². The van der Waals surface area contributed by atoms with Crippen LogP contribution < -0.4 is 10.6 Å². The molecule has 2 aromatic rings. The van der Waals surface area contributed by atoms with Crippen molar-refractivity contribution < 1.29 is 17.9 Å². The zero-order valence-corrected chi connectivity index (χ0v) is 13.9. The molecule has 1 aliphatic heterocycles. The van der Waals surface area contributed by atoms with Gasteiger partial charge in [-0.15, -0.1) is 0 Å². The highest BCUT2D eigenvalue weighted by Crippen LogP contribution is 2.30. The molecule has 0 unspecified atom stereocenters. The van der Waals surface area contributed by atoms with Crippen LogP contribution in [0.25, 0.3) is 0 Å². The highest BCUT2D eigenvalue weighted by Gasteiger charge is 2.22. The number of alkyl halides is 2. The second-order valence-corrected chi connectivity index (χ2v) is 5.98. The van der Waals surface area contributed by atoms with Crippen LogP contribution in [-0.4, -0.2) is 29.2 Å². The Morgan fingerprint density at radius 2 is 1.96 bits per heavy atom. The maximum atomic E-state index is 14.3. The Morgan fingerprint density at radius 1 is 1.24 bits per heavy atom. The number of aryl methyl sites for hydroxylation is 1. The minimum Gasteiger partial charge on any atom is -0.377 e. The Bertz CT molecular complexity index is 753. The fraction of sp³-hybridized carbons (Fsp3) is 0.412. The molecule has 2 N–H and O–H groups in total. The minimum absolute atomic E-state index is 0.159. The Morgan fingerprint density at radius 3 is 2.60 bits per heavy atom. The summed E-state index contributed by atoms with van der Waals surface area (Å²) in [4.78, 5) is 8.50. The maximum Gasteiger partial charge on any atom is 0.266 e. The Kier molecular flexibility index (Phi) is 5.08. The summed E-state index contributed by atoms with van der Waals surface area (Å²) < 4.78 is 45.3. The number of halogens is 3. The molecule has 0 saturated carbocycles. The number of aromatic nitrogens is 2. The number of rotatable bonds is 6. The molecular formula is C17H19F3N4O. The second kappa shape index (κ2) is 7.26. The molecule has 1 aromatic heterocycles. The molecule has 1 fully saturated rings. The third-order valence-corrected chi connectivity index (χ3v) is 4.02. The summed E-state index contributed by atoms with van der Waals surface area (Å²) in [6.07, 6.45) is -1.22. The van der Waals surface area contributed by atoms with Crippen LogP contribution >= 0.6 is 0 Å².